The zero-order valence-electron chi connectivity index (χ0n) is 13.6. The molecule has 0 radical (unpaired) electrons. The fourth-order valence-electron chi connectivity index (χ4n) is 2.83. The maximum atomic E-state index is 12.6. The van der Waals surface area contributed by atoms with Gasteiger partial charge in [0.15, 0.2) is 0 Å². The van der Waals surface area contributed by atoms with Crippen LogP contribution in [0, 0.1) is 0 Å². The maximum Gasteiger partial charge on any atom is 0.417 e. The zero-order chi connectivity index (χ0) is 18.0. The lowest BCUT2D eigenvalue weighted by Gasteiger charge is -2.17. The van der Waals surface area contributed by atoms with Crippen LogP contribution in [0.3, 0.4) is 0 Å². The number of amides is 1. The fraction of sp³-hybridized carbons (Fsp3) is 0.438. The number of H-pyrrole nitrogens is 1. The van der Waals surface area contributed by atoms with Crippen molar-refractivity contribution in [3.05, 3.63) is 41.6 Å². The minimum Gasteiger partial charge on any atom is -0.356 e. The highest BCUT2D eigenvalue weighted by Gasteiger charge is 2.32. The lowest BCUT2D eigenvalue weighted by Crippen LogP contribution is -2.21. The predicted molar refractivity (Wildman–Crippen MR) is 84.9 cm³/mol. The molecule has 0 bridgehead atoms. The summed E-state index contributed by atoms with van der Waals surface area (Å²) in [6, 6.07) is 2.45. The van der Waals surface area contributed by atoms with Crippen molar-refractivity contribution in [2.75, 3.05) is 18.0 Å². The number of pyridine rings is 1. The van der Waals surface area contributed by atoms with Crippen molar-refractivity contribution >= 4 is 11.7 Å². The number of aromatic amines is 1. The highest BCUT2D eigenvalue weighted by Crippen LogP contribution is 2.31. The minimum absolute atomic E-state index is 0.114. The molecule has 1 unspecified atom stereocenters. The lowest BCUT2D eigenvalue weighted by atomic mass is 10.1. The van der Waals surface area contributed by atoms with E-state index >= 15 is 0 Å². The summed E-state index contributed by atoms with van der Waals surface area (Å²) >= 11 is 0. The maximum absolute atomic E-state index is 12.6. The second-order valence-electron chi connectivity index (χ2n) is 6.04. The number of rotatable bonds is 4. The van der Waals surface area contributed by atoms with Gasteiger partial charge in [0.1, 0.15) is 11.6 Å². The molecule has 0 saturated carbocycles. The Morgan fingerprint density at radius 3 is 2.80 bits per heavy atom. The van der Waals surface area contributed by atoms with Crippen molar-refractivity contribution in [3.8, 4) is 0 Å². The number of aromatic nitrogens is 3. The molecular weight excluding hydrogens is 335 g/mol. The summed E-state index contributed by atoms with van der Waals surface area (Å²) < 4.78 is 37.8. The quantitative estimate of drug-likeness (QED) is 0.886. The number of nitrogens with zero attached hydrogens (tertiary/aromatic N) is 3. The first kappa shape index (κ1) is 17.2. The zero-order valence-corrected chi connectivity index (χ0v) is 13.6. The molecule has 1 saturated heterocycles. The van der Waals surface area contributed by atoms with E-state index in [2.05, 4.69) is 20.3 Å². The topological polar surface area (TPSA) is 73.9 Å². The highest BCUT2D eigenvalue weighted by atomic mass is 19.4. The number of alkyl halides is 3. The van der Waals surface area contributed by atoms with Crippen LogP contribution in [0.5, 0.6) is 0 Å². The molecule has 6 nitrogen and oxygen atoms in total. The molecular formula is C16H18F3N5O. The van der Waals surface area contributed by atoms with E-state index in [4.69, 9.17) is 0 Å². The van der Waals surface area contributed by atoms with E-state index in [1.165, 1.54) is 13.0 Å². The van der Waals surface area contributed by atoms with E-state index in [9.17, 15) is 18.0 Å². The molecule has 134 valence electrons. The van der Waals surface area contributed by atoms with Gasteiger partial charge < -0.3 is 15.2 Å². The molecule has 3 rings (SSSR count). The Bertz CT molecular complexity index is 741. The first-order valence-electron chi connectivity index (χ1n) is 7.89. The average Bonchev–Trinajstić information content (AvgIpc) is 3.21. The van der Waals surface area contributed by atoms with E-state index in [0.29, 0.717) is 25.5 Å². The second-order valence-corrected chi connectivity index (χ2v) is 6.04. The molecule has 1 aliphatic heterocycles. The van der Waals surface area contributed by atoms with Crippen molar-refractivity contribution < 1.29 is 18.0 Å². The molecule has 3 heterocycles. The van der Waals surface area contributed by atoms with Gasteiger partial charge in [0.05, 0.1) is 24.0 Å². The molecule has 2 N–H and O–H groups in total. The average molecular weight is 353 g/mol. The summed E-state index contributed by atoms with van der Waals surface area (Å²) in [4.78, 5) is 24.4. The third-order valence-electron chi connectivity index (χ3n) is 4.15. The Hall–Kier alpha value is -2.58. The molecule has 1 fully saturated rings. The van der Waals surface area contributed by atoms with Crippen molar-refractivity contribution in [2.45, 2.75) is 32.0 Å². The number of carbonyl (C=O) groups excluding carboxylic acids is 1. The lowest BCUT2D eigenvalue weighted by molar-refractivity contribution is -0.137. The summed E-state index contributed by atoms with van der Waals surface area (Å²) in [6.45, 7) is 3.17. The van der Waals surface area contributed by atoms with Gasteiger partial charge in [-0.1, -0.05) is 0 Å². The Morgan fingerprint density at radius 1 is 1.36 bits per heavy atom. The van der Waals surface area contributed by atoms with Crippen LogP contribution in [-0.4, -0.2) is 33.9 Å². The SMILES string of the molecule is CC(=O)NCc1cnc(C2CCN(c3ccc(C(F)(F)F)cn3)C2)[nH]1. The Morgan fingerprint density at radius 2 is 2.16 bits per heavy atom. The number of hydrogen-bond donors (Lipinski definition) is 2. The normalized spacial score (nSPS) is 17.8. The van der Waals surface area contributed by atoms with Gasteiger partial charge in [-0.3, -0.25) is 4.79 Å². The number of nitrogens with one attached hydrogen (secondary N) is 2. The Labute approximate surface area is 142 Å². The van der Waals surface area contributed by atoms with E-state index in [-0.39, 0.29) is 11.8 Å². The van der Waals surface area contributed by atoms with Gasteiger partial charge in [-0.15, -0.1) is 0 Å². The molecule has 0 spiro atoms. The van der Waals surface area contributed by atoms with Crippen molar-refractivity contribution in [3.63, 3.8) is 0 Å². The summed E-state index contributed by atoms with van der Waals surface area (Å²) in [5.41, 5.74) is 0.0666. The number of carbonyl (C=O) groups is 1. The summed E-state index contributed by atoms with van der Waals surface area (Å²) in [5.74, 6) is 1.38. The van der Waals surface area contributed by atoms with Crippen LogP contribution >= 0.6 is 0 Å². The molecule has 2 aromatic rings. The predicted octanol–water partition coefficient (Wildman–Crippen LogP) is 2.45. The van der Waals surface area contributed by atoms with E-state index in [1.807, 2.05) is 4.90 Å². The van der Waals surface area contributed by atoms with Crippen LogP contribution in [0.25, 0.3) is 0 Å². The summed E-state index contributed by atoms with van der Waals surface area (Å²) in [5, 5.41) is 2.70. The van der Waals surface area contributed by atoms with Gasteiger partial charge >= 0.3 is 6.18 Å². The number of anilines is 1. The smallest absolute Gasteiger partial charge is 0.356 e. The molecule has 1 atom stereocenters. The van der Waals surface area contributed by atoms with Crippen LogP contribution in [0.1, 0.15) is 36.3 Å². The third kappa shape index (κ3) is 4.09. The molecule has 9 heteroatoms. The molecule has 2 aromatic heterocycles. The number of hydrogen-bond acceptors (Lipinski definition) is 4. The van der Waals surface area contributed by atoms with Crippen LogP contribution in [0.2, 0.25) is 0 Å². The van der Waals surface area contributed by atoms with Gasteiger partial charge in [-0.05, 0) is 18.6 Å². The summed E-state index contributed by atoms with van der Waals surface area (Å²) in [6.07, 6.45) is -1.00. The molecule has 0 aliphatic carbocycles. The van der Waals surface area contributed by atoms with E-state index < -0.39 is 11.7 Å². The molecule has 1 amide bonds. The van der Waals surface area contributed by atoms with Crippen LogP contribution in [0.15, 0.2) is 24.5 Å². The van der Waals surface area contributed by atoms with Gasteiger partial charge in [0.25, 0.3) is 0 Å². The van der Waals surface area contributed by atoms with Gasteiger partial charge in [-0.25, -0.2) is 9.97 Å². The monoisotopic (exact) mass is 353 g/mol. The summed E-state index contributed by atoms with van der Waals surface area (Å²) in [7, 11) is 0. The third-order valence-corrected chi connectivity index (χ3v) is 4.15. The first-order valence-corrected chi connectivity index (χ1v) is 7.89. The van der Waals surface area contributed by atoms with Gasteiger partial charge in [-0.2, -0.15) is 13.2 Å². The number of imidazole rings is 1. The number of halogens is 3. The Kier molecular flexibility index (Phi) is 4.65. The van der Waals surface area contributed by atoms with Crippen molar-refractivity contribution in [2.24, 2.45) is 0 Å². The van der Waals surface area contributed by atoms with Crippen molar-refractivity contribution in [1.82, 2.24) is 20.3 Å². The Balaban J connectivity index is 1.62. The second kappa shape index (κ2) is 6.73. The molecule has 0 aromatic carbocycles. The van der Waals surface area contributed by atoms with Crippen molar-refractivity contribution in [1.29, 1.82) is 0 Å². The fourth-order valence-corrected chi connectivity index (χ4v) is 2.83. The highest BCUT2D eigenvalue weighted by molar-refractivity contribution is 5.72. The van der Waals surface area contributed by atoms with E-state index in [1.54, 1.807) is 6.20 Å². The van der Waals surface area contributed by atoms with Crippen LogP contribution in [0.4, 0.5) is 19.0 Å². The largest absolute Gasteiger partial charge is 0.417 e. The molecule has 1 aliphatic rings. The van der Waals surface area contributed by atoms with Gasteiger partial charge in [0, 0.05) is 32.1 Å². The molecule has 25 heavy (non-hydrogen) atoms. The van der Waals surface area contributed by atoms with Crippen LogP contribution < -0.4 is 10.2 Å². The van der Waals surface area contributed by atoms with Gasteiger partial charge in [0.2, 0.25) is 5.91 Å². The minimum atomic E-state index is -4.38. The first-order chi connectivity index (χ1) is 11.8. The van der Waals surface area contributed by atoms with Crippen LogP contribution in [-0.2, 0) is 17.5 Å². The van der Waals surface area contributed by atoms with E-state index in [0.717, 1.165) is 30.2 Å². The standard InChI is InChI=1S/C16H18F3N5O/c1-10(25)20-7-13-8-22-15(23-13)11-4-5-24(9-11)14-3-2-12(6-21-14)16(17,18)19/h2-3,6,8,11H,4-5,7,9H2,1H3,(H,20,25)(H,22,23).